The van der Waals surface area contributed by atoms with Gasteiger partial charge in [0.05, 0.1) is 11.7 Å². The highest BCUT2D eigenvalue weighted by atomic mass is 16.6. The predicted octanol–water partition coefficient (Wildman–Crippen LogP) is 2.62. The average Bonchev–Trinajstić information content (AvgIpc) is 2.26. The molecule has 14 heavy (non-hydrogen) atoms. The number of nitrogens with zero attached hydrogens (tertiary/aromatic N) is 2. The molecule has 0 atom stereocenters. The van der Waals surface area contributed by atoms with Crippen molar-refractivity contribution in [3.63, 3.8) is 0 Å². The summed E-state index contributed by atoms with van der Waals surface area (Å²) in [5.41, 5.74) is 0.959. The van der Waals surface area contributed by atoms with Crippen LogP contribution in [0.1, 0.15) is 6.92 Å². The lowest BCUT2D eigenvalue weighted by molar-refractivity contribution is 0.342. The Morgan fingerprint density at radius 2 is 2.21 bits per heavy atom. The molecule has 2 rings (SSSR count). The van der Waals surface area contributed by atoms with Gasteiger partial charge in [0.2, 0.25) is 0 Å². The lowest BCUT2D eigenvalue weighted by Crippen LogP contribution is -1.85. The van der Waals surface area contributed by atoms with Gasteiger partial charge in [-0.2, -0.15) is 0 Å². The lowest BCUT2D eigenvalue weighted by Gasteiger charge is -1.99. The maximum atomic E-state index is 5.07. The Labute approximate surface area is 82.0 Å². The number of hydrogen-bond acceptors (Lipinski definition) is 3. The van der Waals surface area contributed by atoms with Crippen molar-refractivity contribution in [2.45, 2.75) is 6.92 Å². The topological polar surface area (TPSA) is 34.5 Å². The summed E-state index contributed by atoms with van der Waals surface area (Å²) in [5.74, 6) is 0.654. The molecule has 0 fully saturated rings. The summed E-state index contributed by atoms with van der Waals surface area (Å²) < 4.78 is 0. The van der Waals surface area contributed by atoms with E-state index in [2.05, 4.69) is 10.1 Å². The molecule has 0 unspecified atom stereocenters. The number of para-hydroxylation sites is 1. The maximum absolute atomic E-state index is 5.07. The summed E-state index contributed by atoms with van der Waals surface area (Å²) in [5, 5.41) is 4.74. The molecule has 3 nitrogen and oxygen atoms in total. The largest absolute Gasteiger partial charge is 0.356 e. The first-order valence-corrected chi connectivity index (χ1v) is 4.40. The van der Waals surface area contributed by atoms with Gasteiger partial charge in [-0.25, -0.2) is 0 Å². The summed E-state index contributed by atoms with van der Waals surface area (Å²) in [4.78, 5) is 9.31. The summed E-state index contributed by atoms with van der Waals surface area (Å²) in [6, 6.07) is 9.79. The second-order valence-corrected chi connectivity index (χ2v) is 2.82. The second-order valence-electron chi connectivity index (χ2n) is 2.82. The van der Waals surface area contributed by atoms with Crippen molar-refractivity contribution in [1.29, 1.82) is 0 Å². The van der Waals surface area contributed by atoms with Crippen molar-refractivity contribution in [3.05, 3.63) is 36.5 Å². The Kier molecular flexibility index (Phi) is 2.40. The maximum Gasteiger partial charge on any atom is 0.176 e. The third-order valence-corrected chi connectivity index (χ3v) is 1.83. The van der Waals surface area contributed by atoms with E-state index in [1.54, 1.807) is 19.3 Å². The Bertz CT molecular complexity index is 466. The van der Waals surface area contributed by atoms with Gasteiger partial charge in [0.1, 0.15) is 0 Å². The van der Waals surface area contributed by atoms with Gasteiger partial charge in [-0.1, -0.05) is 23.4 Å². The summed E-state index contributed by atoms with van der Waals surface area (Å²) in [6.07, 6.45) is 3.25. The molecule has 0 bridgehead atoms. The predicted molar refractivity (Wildman–Crippen MR) is 56.5 cm³/mol. The van der Waals surface area contributed by atoms with E-state index in [1.165, 1.54) is 0 Å². The summed E-state index contributed by atoms with van der Waals surface area (Å²) >= 11 is 0. The highest BCUT2D eigenvalue weighted by Gasteiger charge is 1.96. The third kappa shape index (κ3) is 1.71. The van der Waals surface area contributed by atoms with Gasteiger partial charge < -0.3 is 4.84 Å². The van der Waals surface area contributed by atoms with Crippen LogP contribution in [0.25, 0.3) is 10.9 Å². The Hall–Kier alpha value is -1.90. The van der Waals surface area contributed by atoms with Crippen LogP contribution in [0, 0.1) is 0 Å². The zero-order valence-corrected chi connectivity index (χ0v) is 7.84. The molecule has 0 aliphatic heterocycles. The molecular formula is C11H10N2O. The molecule has 0 saturated carbocycles. The number of oxime groups is 1. The van der Waals surface area contributed by atoms with E-state index in [9.17, 15) is 0 Å². The van der Waals surface area contributed by atoms with Crippen molar-refractivity contribution in [3.8, 4) is 5.75 Å². The molecule has 70 valence electrons. The van der Waals surface area contributed by atoms with Crippen molar-refractivity contribution in [1.82, 2.24) is 4.98 Å². The molecule has 1 heterocycles. The van der Waals surface area contributed by atoms with Crippen LogP contribution in [-0.4, -0.2) is 11.2 Å². The Balaban J connectivity index is 2.41. The highest BCUT2D eigenvalue weighted by Crippen LogP contribution is 2.17. The van der Waals surface area contributed by atoms with Crippen LogP contribution in [0.15, 0.2) is 41.7 Å². The number of pyridine rings is 1. The number of aromatic nitrogens is 1. The first-order chi connectivity index (χ1) is 6.90. The second kappa shape index (κ2) is 3.87. The van der Waals surface area contributed by atoms with Crippen LogP contribution in [0.5, 0.6) is 5.75 Å². The molecule has 0 spiro atoms. The normalized spacial score (nSPS) is 10.9. The fraction of sp³-hybridized carbons (Fsp3) is 0.0909. The van der Waals surface area contributed by atoms with Crippen LogP contribution in [0.4, 0.5) is 0 Å². The number of rotatable bonds is 2. The fourth-order valence-corrected chi connectivity index (χ4v) is 1.21. The lowest BCUT2D eigenvalue weighted by atomic mass is 10.2. The molecule has 0 N–H and O–H groups in total. The summed E-state index contributed by atoms with van der Waals surface area (Å²) in [7, 11) is 0. The molecule has 0 aliphatic carbocycles. The molecular weight excluding hydrogens is 176 g/mol. The Morgan fingerprint density at radius 1 is 1.36 bits per heavy atom. The monoisotopic (exact) mass is 186 g/mol. The van der Waals surface area contributed by atoms with Crippen LogP contribution in [0.3, 0.4) is 0 Å². The molecule has 0 saturated heterocycles. The molecule has 1 aromatic heterocycles. The van der Waals surface area contributed by atoms with Gasteiger partial charge in [0, 0.05) is 11.6 Å². The van der Waals surface area contributed by atoms with Gasteiger partial charge in [0.25, 0.3) is 0 Å². The standard InChI is InChI=1S/C11H10N2O/c1-2-13-14-10-7-9-5-3-4-6-11(9)12-8-10/h2-8H,1H3. The van der Waals surface area contributed by atoms with E-state index in [1.807, 2.05) is 30.3 Å². The van der Waals surface area contributed by atoms with E-state index in [4.69, 9.17) is 4.84 Å². The zero-order valence-electron chi connectivity index (χ0n) is 7.84. The summed E-state index contributed by atoms with van der Waals surface area (Å²) in [6.45, 7) is 1.80. The first kappa shape index (κ1) is 8.69. The fourth-order valence-electron chi connectivity index (χ4n) is 1.21. The first-order valence-electron chi connectivity index (χ1n) is 4.40. The molecule has 1 aromatic carbocycles. The quantitative estimate of drug-likeness (QED) is 0.533. The van der Waals surface area contributed by atoms with Crippen LogP contribution >= 0.6 is 0 Å². The average molecular weight is 186 g/mol. The van der Waals surface area contributed by atoms with Crippen LogP contribution in [0.2, 0.25) is 0 Å². The molecule has 0 radical (unpaired) electrons. The molecule has 2 aromatic rings. The molecule has 0 amide bonds. The van der Waals surface area contributed by atoms with Crippen LogP contribution < -0.4 is 4.84 Å². The number of hydrogen-bond donors (Lipinski definition) is 0. The van der Waals surface area contributed by atoms with Crippen LogP contribution in [-0.2, 0) is 0 Å². The van der Waals surface area contributed by atoms with Gasteiger partial charge >= 0.3 is 0 Å². The minimum atomic E-state index is 0.654. The zero-order chi connectivity index (χ0) is 9.80. The van der Waals surface area contributed by atoms with E-state index >= 15 is 0 Å². The Morgan fingerprint density at radius 3 is 3.07 bits per heavy atom. The molecule has 3 heteroatoms. The minimum Gasteiger partial charge on any atom is -0.356 e. The minimum absolute atomic E-state index is 0.654. The van der Waals surface area contributed by atoms with E-state index < -0.39 is 0 Å². The number of fused-ring (bicyclic) bond motifs is 1. The smallest absolute Gasteiger partial charge is 0.176 e. The van der Waals surface area contributed by atoms with Crippen molar-refractivity contribution < 1.29 is 4.84 Å². The van der Waals surface area contributed by atoms with Gasteiger partial charge in [-0.15, -0.1) is 0 Å². The number of benzene rings is 1. The SMILES string of the molecule is CC=NOc1cnc2ccccc2c1. The highest BCUT2D eigenvalue weighted by molar-refractivity contribution is 5.79. The van der Waals surface area contributed by atoms with Gasteiger partial charge in [-0.3, -0.25) is 4.98 Å². The third-order valence-electron chi connectivity index (χ3n) is 1.83. The van der Waals surface area contributed by atoms with E-state index in [-0.39, 0.29) is 0 Å². The van der Waals surface area contributed by atoms with Crippen molar-refractivity contribution in [2.75, 3.05) is 0 Å². The van der Waals surface area contributed by atoms with Crippen molar-refractivity contribution >= 4 is 17.1 Å². The molecule has 0 aliphatic rings. The van der Waals surface area contributed by atoms with Crippen molar-refractivity contribution in [2.24, 2.45) is 5.16 Å². The van der Waals surface area contributed by atoms with Gasteiger partial charge in [-0.05, 0) is 19.1 Å². The van der Waals surface area contributed by atoms with Gasteiger partial charge in [0.15, 0.2) is 5.75 Å². The van der Waals surface area contributed by atoms with E-state index in [0.717, 1.165) is 10.9 Å². The van der Waals surface area contributed by atoms with E-state index in [0.29, 0.717) is 5.75 Å².